The number of halogens is 1. The van der Waals surface area contributed by atoms with Gasteiger partial charge in [0.2, 0.25) is 0 Å². The molecule has 0 aromatic carbocycles. The lowest BCUT2D eigenvalue weighted by atomic mass is 10.0. The molecule has 25 heavy (non-hydrogen) atoms. The molecule has 0 bridgehead atoms. The zero-order chi connectivity index (χ0) is 18.2. The summed E-state index contributed by atoms with van der Waals surface area (Å²) in [6.45, 7) is 1.99. The van der Waals surface area contributed by atoms with Gasteiger partial charge in [0.05, 0.1) is 38.1 Å². The number of esters is 2. The molecule has 1 fully saturated rings. The Hall–Kier alpha value is -1.38. The van der Waals surface area contributed by atoms with E-state index in [1.165, 1.54) is 14.2 Å². The molecule has 2 aliphatic heterocycles. The van der Waals surface area contributed by atoms with Crippen LogP contribution in [-0.2, 0) is 28.5 Å². The molecule has 0 spiro atoms. The fraction of sp³-hybridized carbons (Fsp3) is 0.647. The van der Waals surface area contributed by atoms with Gasteiger partial charge in [0, 0.05) is 31.0 Å². The first-order valence-corrected chi connectivity index (χ1v) is 9.37. The average Bonchev–Trinajstić information content (AvgIpc) is 3.08. The molecule has 140 valence electrons. The minimum Gasteiger partial charge on any atom is -0.465 e. The first kappa shape index (κ1) is 19.9. The second-order valence-corrected chi connectivity index (χ2v) is 6.43. The number of hydrogen-bond acceptors (Lipinski definition) is 7. The van der Waals surface area contributed by atoms with Gasteiger partial charge in [-0.25, -0.2) is 9.59 Å². The Balaban J connectivity index is 2.09. The van der Waals surface area contributed by atoms with Crippen molar-refractivity contribution in [3.63, 3.8) is 0 Å². The van der Waals surface area contributed by atoms with Crippen LogP contribution in [0, 0.1) is 0 Å². The van der Waals surface area contributed by atoms with E-state index in [0.29, 0.717) is 26.0 Å². The van der Waals surface area contributed by atoms with Crippen molar-refractivity contribution in [1.82, 2.24) is 4.90 Å². The van der Waals surface area contributed by atoms with Crippen LogP contribution < -0.4 is 0 Å². The number of alkyl halides is 1. The van der Waals surface area contributed by atoms with E-state index in [2.05, 4.69) is 15.9 Å². The van der Waals surface area contributed by atoms with Gasteiger partial charge < -0.3 is 23.8 Å². The monoisotopic (exact) mass is 417 g/mol. The van der Waals surface area contributed by atoms with Gasteiger partial charge in [-0.15, -0.1) is 0 Å². The first-order chi connectivity index (χ1) is 12.1. The van der Waals surface area contributed by atoms with E-state index in [1.54, 1.807) is 12.3 Å². The maximum atomic E-state index is 12.1. The number of carbonyl (C=O) groups excluding carboxylic acids is 2. The van der Waals surface area contributed by atoms with Crippen molar-refractivity contribution in [2.24, 2.45) is 0 Å². The molecule has 2 rings (SSSR count). The van der Waals surface area contributed by atoms with Gasteiger partial charge in [-0.2, -0.15) is 0 Å². The molecule has 7 nitrogen and oxygen atoms in total. The van der Waals surface area contributed by atoms with Crippen molar-refractivity contribution in [3.05, 3.63) is 23.4 Å². The number of ether oxygens (including phenoxy) is 4. The summed E-state index contributed by atoms with van der Waals surface area (Å²) in [5.74, 6) is -1.10. The summed E-state index contributed by atoms with van der Waals surface area (Å²) in [5.41, 5.74) is 0.451. The summed E-state index contributed by atoms with van der Waals surface area (Å²) < 4.78 is 21.0. The quantitative estimate of drug-likeness (QED) is 0.481. The van der Waals surface area contributed by atoms with E-state index < -0.39 is 11.9 Å². The molecule has 0 aromatic heterocycles. The summed E-state index contributed by atoms with van der Waals surface area (Å²) in [5, 5.41) is 0.743. The highest BCUT2D eigenvalue weighted by atomic mass is 79.9. The Morgan fingerprint density at radius 1 is 1.28 bits per heavy atom. The Kier molecular flexibility index (Phi) is 7.92. The SMILES string of the molecule is COC(=O)C1=CCCCN(CCC2OCC(CBr)O2)C=C1C(=O)OC. The van der Waals surface area contributed by atoms with Crippen LogP contribution in [0.3, 0.4) is 0 Å². The molecule has 2 heterocycles. The third-order valence-corrected chi connectivity index (χ3v) is 4.77. The van der Waals surface area contributed by atoms with E-state index in [1.807, 2.05) is 4.90 Å². The van der Waals surface area contributed by atoms with Crippen LogP contribution >= 0.6 is 15.9 Å². The lowest BCUT2D eigenvalue weighted by Crippen LogP contribution is -2.28. The van der Waals surface area contributed by atoms with Crippen molar-refractivity contribution in [3.8, 4) is 0 Å². The predicted molar refractivity (Wildman–Crippen MR) is 94.0 cm³/mol. The minimum atomic E-state index is -0.559. The van der Waals surface area contributed by atoms with E-state index in [4.69, 9.17) is 18.9 Å². The largest absolute Gasteiger partial charge is 0.465 e. The molecule has 0 aromatic rings. The molecule has 0 saturated carbocycles. The fourth-order valence-corrected chi connectivity index (χ4v) is 3.07. The fourth-order valence-electron chi connectivity index (χ4n) is 2.73. The van der Waals surface area contributed by atoms with E-state index in [9.17, 15) is 9.59 Å². The molecule has 0 aliphatic carbocycles. The highest BCUT2D eigenvalue weighted by Gasteiger charge is 2.27. The second kappa shape index (κ2) is 9.94. The Morgan fingerprint density at radius 2 is 2.00 bits per heavy atom. The summed E-state index contributed by atoms with van der Waals surface area (Å²) >= 11 is 3.38. The van der Waals surface area contributed by atoms with Crippen LogP contribution in [0.2, 0.25) is 0 Å². The van der Waals surface area contributed by atoms with Gasteiger partial charge >= 0.3 is 11.9 Å². The zero-order valence-electron chi connectivity index (χ0n) is 14.5. The van der Waals surface area contributed by atoms with Crippen LogP contribution in [-0.4, -0.2) is 68.5 Å². The van der Waals surface area contributed by atoms with E-state index in [-0.39, 0.29) is 23.5 Å². The molecule has 2 aliphatic rings. The number of carbonyl (C=O) groups is 2. The van der Waals surface area contributed by atoms with Crippen LogP contribution in [0.4, 0.5) is 0 Å². The molecule has 0 N–H and O–H groups in total. The van der Waals surface area contributed by atoms with Gasteiger partial charge in [0.1, 0.15) is 0 Å². The van der Waals surface area contributed by atoms with Crippen molar-refractivity contribution in [2.45, 2.75) is 31.7 Å². The van der Waals surface area contributed by atoms with Gasteiger partial charge in [0.15, 0.2) is 6.29 Å². The number of rotatable bonds is 6. The molecular weight excluding hydrogens is 394 g/mol. The van der Waals surface area contributed by atoms with Crippen molar-refractivity contribution < 1.29 is 28.5 Å². The molecule has 0 amide bonds. The molecule has 2 atom stereocenters. The Labute approximate surface area is 156 Å². The topological polar surface area (TPSA) is 74.3 Å². The highest BCUT2D eigenvalue weighted by molar-refractivity contribution is 9.09. The molecule has 8 heteroatoms. The van der Waals surface area contributed by atoms with Gasteiger partial charge in [-0.3, -0.25) is 0 Å². The summed E-state index contributed by atoms with van der Waals surface area (Å²) in [7, 11) is 2.59. The highest BCUT2D eigenvalue weighted by Crippen LogP contribution is 2.21. The minimum absolute atomic E-state index is 0.0763. The number of allylic oxidation sites excluding steroid dienone is 1. The average molecular weight is 418 g/mol. The molecule has 1 saturated heterocycles. The smallest absolute Gasteiger partial charge is 0.340 e. The van der Waals surface area contributed by atoms with Crippen LogP contribution in [0.1, 0.15) is 19.3 Å². The third kappa shape index (κ3) is 5.55. The van der Waals surface area contributed by atoms with Crippen molar-refractivity contribution >= 4 is 27.9 Å². The Bertz CT molecular complexity index is 547. The van der Waals surface area contributed by atoms with E-state index >= 15 is 0 Å². The first-order valence-electron chi connectivity index (χ1n) is 8.25. The number of hydrogen-bond donors (Lipinski definition) is 0. The maximum Gasteiger partial charge on any atom is 0.340 e. The molecular formula is C17H24BrNO6. The predicted octanol–water partition coefficient (Wildman–Crippen LogP) is 1.76. The zero-order valence-corrected chi connectivity index (χ0v) is 16.1. The number of nitrogens with zero attached hydrogens (tertiary/aromatic N) is 1. The molecule has 0 radical (unpaired) electrons. The second-order valence-electron chi connectivity index (χ2n) is 5.79. The summed E-state index contributed by atoms with van der Waals surface area (Å²) in [6.07, 6.45) is 5.44. The van der Waals surface area contributed by atoms with Gasteiger partial charge in [0.25, 0.3) is 0 Å². The Morgan fingerprint density at radius 3 is 2.64 bits per heavy atom. The van der Waals surface area contributed by atoms with Crippen LogP contribution in [0.5, 0.6) is 0 Å². The third-order valence-electron chi connectivity index (χ3n) is 4.05. The van der Waals surface area contributed by atoms with Gasteiger partial charge in [-0.1, -0.05) is 22.0 Å². The number of methoxy groups -OCH3 is 2. The standard InChI is InChI=1S/C17H24BrNO6/c1-22-16(20)13-5-3-4-7-19(10-14(13)17(21)23-2)8-6-15-24-11-12(9-18)25-15/h5,10,12,15H,3-4,6-9,11H2,1-2H3. The summed E-state index contributed by atoms with van der Waals surface area (Å²) in [4.78, 5) is 26.1. The summed E-state index contributed by atoms with van der Waals surface area (Å²) in [6, 6.07) is 0. The van der Waals surface area contributed by atoms with Crippen LogP contribution in [0.15, 0.2) is 23.4 Å². The lowest BCUT2D eigenvalue weighted by molar-refractivity contribution is -0.139. The lowest BCUT2D eigenvalue weighted by Gasteiger charge is -2.25. The van der Waals surface area contributed by atoms with Crippen molar-refractivity contribution in [1.29, 1.82) is 0 Å². The van der Waals surface area contributed by atoms with Gasteiger partial charge in [-0.05, 0) is 12.8 Å². The van der Waals surface area contributed by atoms with Crippen molar-refractivity contribution in [2.75, 3.05) is 39.2 Å². The normalized spacial score (nSPS) is 24.0. The van der Waals surface area contributed by atoms with Crippen LogP contribution in [0.25, 0.3) is 0 Å². The van der Waals surface area contributed by atoms with E-state index in [0.717, 1.165) is 18.3 Å². The maximum absolute atomic E-state index is 12.1. The molecule has 2 unspecified atom stereocenters.